The maximum absolute atomic E-state index is 13.6. The molecule has 1 N–H and O–H groups in total. The van der Waals surface area contributed by atoms with Crippen molar-refractivity contribution in [3.63, 3.8) is 0 Å². The molecule has 0 aliphatic carbocycles. The summed E-state index contributed by atoms with van der Waals surface area (Å²) >= 11 is 0. The molecule has 0 spiro atoms. The minimum atomic E-state index is -0.610. The summed E-state index contributed by atoms with van der Waals surface area (Å²) in [6, 6.07) is 1.71. The Morgan fingerprint density at radius 3 is 2.89 bits per heavy atom. The molecule has 2 rings (SSSR count). The monoisotopic (exact) mass is 265 g/mol. The van der Waals surface area contributed by atoms with Crippen molar-refractivity contribution in [3.05, 3.63) is 23.8 Å². The molecule has 0 amide bonds. The van der Waals surface area contributed by atoms with Gasteiger partial charge in [0.15, 0.2) is 0 Å². The molecule has 7 heteroatoms. The number of anilines is 1. The summed E-state index contributed by atoms with van der Waals surface area (Å²) in [4.78, 5) is 7.84. The Bertz CT molecular complexity index is 569. The number of ether oxygens (including phenoxy) is 1. The average molecular weight is 265 g/mol. The van der Waals surface area contributed by atoms with Crippen LogP contribution in [0.5, 0.6) is 11.8 Å². The number of rotatable bonds is 5. The minimum absolute atomic E-state index is 0.114. The SMILES string of the molecule is CCCNc1ncc(F)c(Oc2cc(C)nn2C)n1. The van der Waals surface area contributed by atoms with Crippen LogP contribution in [0.15, 0.2) is 12.3 Å². The summed E-state index contributed by atoms with van der Waals surface area (Å²) < 4.78 is 20.5. The molecule has 0 fully saturated rings. The molecule has 6 nitrogen and oxygen atoms in total. The molecule has 0 aliphatic heterocycles. The fraction of sp³-hybridized carbons (Fsp3) is 0.417. The average Bonchev–Trinajstić information content (AvgIpc) is 2.69. The van der Waals surface area contributed by atoms with Gasteiger partial charge in [0.2, 0.25) is 17.6 Å². The highest BCUT2D eigenvalue weighted by Crippen LogP contribution is 2.23. The van der Waals surface area contributed by atoms with Gasteiger partial charge in [-0.3, -0.25) is 0 Å². The molecule has 0 bridgehead atoms. The highest BCUT2D eigenvalue weighted by molar-refractivity contribution is 5.30. The molecule has 19 heavy (non-hydrogen) atoms. The fourth-order valence-corrected chi connectivity index (χ4v) is 1.53. The number of hydrogen-bond acceptors (Lipinski definition) is 5. The highest BCUT2D eigenvalue weighted by atomic mass is 19.1. The van der Waals surface area contributed by atoms with Gasteiger partial charge in [-0.15, -0.1) is 0 Å². The first kappa shape index (κ1) is 13.3. The number of halogens is 1. The molecular weight excluding hydrogens is 249 g/mol. The van der Waals surface area contributed by atoms with Crippen LogP contribution in [-0.4, -0.2) is 26.3 Å². The maximum Gasteiger partial charge on any atom is 0.262 e. The van der Waals surface area contributed by atoms with E-state index in [0.29, 0.717) is 11.8 Å². The van der Waals surface area contributed by atoms with Crippen molar-refractivity contribution in [2.75, 3.05) is 11.9 Å². The lowest BCUT2D eigenvalue weighted by Crippen LogP contribution is -2.06. The van der Waals surface area contributed by atoms with Crippen molar-refractivity contribution in [1.82, 2.24) is 19.7 Å². The van der Waals surface area contributed by atoms with E-state index in [-0.39, 0.29) is 5.88 Å². The van der Waals surface area contributed by atoms with Crippen LogP contribution in [0.2, 0.25) is 0 Å². The summed E-state index contributed by atoms with van der Waals surface area (Å²) in [5.41, 5.74) is 0.788. The van der Waals surface area contributed by atoms with E-state index in [1.807, 2.05) is 13.8 Å². The molecule has 0 saturated heterocycles. The van der Waals surface area contributed by atoms with Gasteiger partial charge in [-0.05, 0) is 13.3 Å². The van der Waals surface area contributed by atoms with Crippen molar-refractivity contribution in [2.24, 2.45) is 7.05 Å². The Morgan fingerprint density at radius 2 is 2.26 bits per heavy atom. The lowest BCUT2D eigenvalue weighted by molar-refractivity contribution is 0.386. The summed E-state index contributed by atoms with van der Waals surface area (Å²) in [7, 11) is 1.72. The first-order chi connectivity index (χ1) is 9.10. The van der Waals surface area contributed by atoms with E-state index < -0.39 is 5.82 Å². The molecule has 0 saturated carbocycles. The Hall–Kier alpha value is -2.18. The molecule has 2 heterocycles. The maximum atomic E-state index is 13.6. The van der Waals surface area contributed by atoms with E-state index in [4.69, 9.17) is 4.74 Å². The Labute approximate surface area is 110 Å². The van der Waals surface area contributed by atoms with Gasteiger partial charge in [0.05, 0.1) is 11.9 Å². The molecular formula is C12H16FN5O. The standard InChI is InChI=1S/C12H16FN5O/c1-4-5-14-12-15-7-9(13)11(16-12)19-10-6-8(2)17-18(10)3/h6-7H,4-5H2,1-3H3,(H,14,15,16). The molecule has 102 valence electrons. The summed E-state index contributed by atoms with van der Waals surface area (Å²) in [5, 5.41) is 7.10. The highest BCUT2D eigenvalue weighted by Gasteiger charge is 2.12. The smallest absolute Gasteiger partial charge is 0.262 e. The third kappa shape index (κ3) is 3.18. The van der Waals surface area contributed by atoms with Gasteiger partial charge in [-0.1, -0.05) is 6.92 Å². The number of nitrogens with zero attached hydrogens (tertiary/aromatic N) is 4. The molecule has 0 aliphatic rings. The molecule has 2 aromatic rings. The van der Waals surface area contributed by atoms with Crippen LogP contribution in [0.3, 0.4) is 0 Å². The van der Waals surface area contributed by atoms with Crippen molar-refractivity contribution >= 4 is 5.95 Å². The van der Waals surface area contributed by atoms with E-state index >= 15 is 0 Å². The molecule has 0 aromatic carbocycles. The lowest BCUT2D eigenvalue weighted by atomic mass is 10.5. The summed E-state index contributed by atoms with van der Waals surface area (Å²) in [6.45, 7) is 4.57. The molecule has 0 unspecified atom stereocenters. The van der Waals surface area contributed by atoms with E-state index in [1.54, 1.807) is 13.1 Å². The Kier molecular flexibility index (Phi) is 3.94. The van der Waals surface area contributed by atoms with Crippen LogP contribution in [0.4, 0.5) is 10.3 Å². The zero-order valence-corrected chi connectivity index (χ0v) is 11.1. The van der Waals surface area contributed by atoms with Gasteiger partial charge >= 0.3 is 0 Å². The van der Waals surface area contributed by atoms with Gasteiger partial charge < -0.3 is 10.1 Å². The Balaban J connectivity index is 2.21. The van der Waals surface area contributed by atoms with Gasteiger partial charge in [0, 0.05) is 19.7 Å². The lowest BCUT2D eigenvalue weighted by Gasteiger charge is -2.07. The molecule has 0 atom stereocenters. The first-order valence-electron chi connectivity index (χ1n) is 6.05. The zero-order valence-electron chi connectivity index (χ0n) is 11.1. The van der Waals surface area contributed by atoms with Gasteiger partial charge in [0.1, 0.15) is 0 Å². The predicted octanol–water partition coefficient (Wildman–Crippen LogP) is 2.27. The van der Waals surface area contributed by atoms with E-state index in [2.05, 4.69) is 20.4 Å². The van der Waals surface area contributed by atoms with Crippen molar-refractivity contribution in [1.29, 1.82) is 0 Å². The van der Waals surface area contributed by atoms with Gasteiger partial charge in [-0.2, -0.15) is 14.5 Å². The second-order valence-corrected chi connectivity index (χ2v) is 4.12. The van der Waals surface area contributed by atoms with Crippen LogP contribution in [0, 0.1) is 12.7 Å². The van der Waals surface area contributed by atoms with E-state index in [1.165, 1.54) is 4.68 Å². The normalized spacial score (nSPS) is 10.5. The van der Waals surface area contributed by atoms with Crippen LogP contribution in [0.1, 0.15) is 19.0 Å². The topological polar surface area (TPSA) is 64.9 Å². The third-order valence-corrected chi connectivity index (χ3v) is 2.41. The second kappa shape index (κ2) is 5.64. The zero-order chi connectivity index (χ0) is 13.8. The van der Waals surface area contributed by atoms with Gasteiger partial charge in [-0.25, -0.2) is 9.67 Å². The number of aromatic nitrogens is 4. The quantitative estimate of drug-likeness (QED) is 0.898. The first-order valence-corrected chi connectivity index (χ1v) is 6.05. The van der Waals surface area contributed by atoms with Crippen LogP contribution in [0.25, 0.3) is 0 Å². The third-order valence-electron chi connectivity index (χ3n) is 2.41. The largest absolute Gasteiger partial charge is 0.418 e. The van der Waals surface area contributed by atoms with Crippen LogP contribution in [-0.2, 0) is 7.05 Å². The second-order valence-electron chi connectivity index (χ2n) is 4.12. The number of nitrogens with one attached hydrogen (secondary N) is 1. The van der Waals surface area contributed by atoms with Gasteiger partial charge in [0.25, 0.3) is 5.88 Å². The van der Waals surface area contributed by atoms with Crippen LogP contribution >= 0.6 is 0 Å². The van der Waals surface area contributed by atoms with Crippen LogP contribution < -0.4 is 10.1 Å². The minimum Gasteiger partial charge on any atom is -0.418 e. The number of hydrogen-bond donors (Lipinski definition) is 1. The summed E-state index contributed by atoms with van der Waals surface area (Å²) in [5.74, 6) is 0.0474. The van der Waals surface area contributed by atoms with E-state index in [0.717, 1.165) is 24.9 Å². The molecule has 2 aromatic heterocycles. The molecule has 0 radical (unpaired) electrons. The van der Waals surface area contributed by atoms with Crippen molar-refractivity contribution in [2.45, 2.75) is 20.3 Å². The van der Waals surface area contributed by atoms with Crippen molar-refractivity contribution < 1.29 is 9.13 Å². The fourth-order valence-electron chi connectivity index (χ4n) is 1.53. The number of aryl methyl sites for hydroxylation is 2. The van der Waals surface area contributed by atoms with E-state index in [9.17, 15) is 4.39 Å². The summed E-state index contributed by atoms with van der Waals surface area (Å²) in [6.07, 6.45) is 2.02. The predicted molar refractivity (Wildman–Crippen MR) is 68.8 cm³/mol. The van der Waals surface area contributed by atoms with Crippen molar-refractivity contribution in [3.8, 4) is 11.8 Å². The Morgan fingerprint density at radius 1 is 1.47 bits per heavy atom.